The van der Waals surface area contributed by atoms with Gasteiger partial charge in [0.2, 0.25) is 0 Å². The molecule has 0 radical (unpaired) electrons. The lowest BCUT2D eigenvalue weighted by atomic mass is 9.69. The number of piperidine rings is 1. The number of aryl methyl sites for hydroxylation is 1. The third-order valence-electron chi connectivity index (χ3n) is 5.47. The molecule has 1 aliphatic heterocycles. The Hall–Kier alpha value is -1.49. The zero-order valence-corrected chi connectivity index (χ0v) is 16.2. The lowest BCUT2D eigenvalue weighted by Crippen LogP contribution is -2.63. The average molecular weight is 348 g/mol. The smallest absolute Gasteiger partial charge is 0.410 e. The van der Waals surface area contributed by atoms with E-state index in [4.69, 9.17) is 9.15 Å². The van der Waals surface area contributed by atoms with Crippen LogP contribution >= 0.6 is 0 Å². The van der Waals surface area contributed by atoms with E-state index in [1.807, 2.05) is 44.7 Å². The number of nitrogens with zero attached hydrogens (tertiary/aromatic N) is 1. The minimum atomic E-state index is -0.442. The van der Waals surface area contributed by atoms with Crippen LogP contribution in [0, 0.1) is 6.92 Å². The van der Waals surface area contributed by atoms with Crippen molar-refractivity contribution >= 4 is 6.09 Å². The molecular formula is C20H32N2O3. The minimum absolute atomic E-state index is 0.0168. The Morgan fingerprint density at radius 2 is 2.12 bits per heavy atom. The zero-order chi connectivity index (χ0) is 18.2. The summed E-state index contributed by atoms with van der Waals surface area (Å²) in [6, 6.07) is 4.64. The van der Waals surface area contributed by atoms with Crippen molar-refractivity contribution in [2.75, 3.05) is 6.54 Å². The van der Waals surface area contributed by atoms with Crippen molar-refractivity contribution in [3.05, 3.63) is 23.7 Å². The Bertz CT molecular complexity index is 613. The lowest BCUT2D eigenvalue weighted by molar-refractivity contribution is -0.0501. The minimum Gasteiger partial charge on any atom is -0.465 e. The second kappa shape index (κ2) is 6.67. The standard InChI is InChI=1S/C20H32N2O3/c1-14-7-8-17(24-14)15(2)21-16-9-12-22(18(23)25-19(3,4)5)20(13-16)10-6-11-20/h7-8,15-16,21H,6,9-13H2,1-5H3. The number of rotatable bonds is 3. The van der Waals surface area contributed by atoms with Crippen LogP contribution in [0.15, 0.2) is 16.5 Å². The van der Waals surface area contributed by atoms with E-state index in [-0.39, 0.29) is 17.7 Å². The van der Waals surface area contributed by atoms with Gasteiger partial charge in [-0.15, -0.1) is 0 Å². The number of amides is 1. The van der Waals surface area contributed by atoms with Gasteiger partial charge >= 0.3 is 6.09 Å². The van der Waals surface area contributed by atoms with E-state index < -0.39 is 5.60 Å². The van der Waals surface area contributed by atoms with Crippen molar-refractivity contribution in [1.82, 2.24) is 10.2 Å². The SMILES string of the molecule is Cc1ccc(C(C)NC2CCN(C(=O)OC(C)(C)C)C3(CCC3)C2)o1. The van der Waals surface area contributed by atoms with Gasteiger partial charge < -0.3 is 19.4 Å². The van der Waals surface area contributed by atoms with Crippen LogP contribution < -0.4 is 5.32 Å². The van der Waals surface area contributed by atoms with Gasteiger partial charge in [-0.2, -0.15) is 0 Å². The summed E-state index contributed by atoms with van der Waals surface area (Å²) in [5, 5.41) is 3.71. The maximum atomic E-state index is 12.6. The predicted molar refractivity (Wildman–Crippen MR) is 97.5 cm³/mol. The van der Waals surface area contributed by atoms with E-state index in [2.05, 4.69) is 12.2 Å². The monoisotopic (exact) mass is 348 g/mol. The fourth-order valence-electron chi connectivity index (χ4n) is 4.12. The molecule has 2 fully saturated rings. The van der Waals surface area contributed by atoms with Crippen LogP contribution in [0.2, 0.25) is 0 Å². The van der Waals surface area contributed by atoms with Gasteiger partial charge in [-0.05, 0) is 78.9 Å². The highest BCUT2D eigenvalue weighted by Crippen LogP contribution is 2.45. The normalized spacial score (nSPS) is 24.0. The summed E-state index contributed by atoms with van der Waals surface area (Å²) in [7, 11) is 0. The fourth-order valence-corrected chi connectivity index (χ4v) is 4.12. The summed E-state index contributed by atoms with van der Waals surface area (Å²) in [6.45, 7) is 10.7. The molecule has 1 N–H and O–H groups in total. The highest BCUT2D eigenvalue weighted by molar-refractivity contribution is 5.69. The fraction of sp³-hybridized carbons (Fsp3) is 0.750. The Kier molecular flexibility index (Phi) is 4.89. The molecule has 2 unspecified atom stereocenters. The van der Waals surface area contributed by atoms with Crippen LogP contribution in [-0.2, 0) is 4.74 Å². The summed E-state index contributed by atoms with van der Waals surface area (Å²) in [5.41, 5.74) is -0.459. The number of carbonyl (C=O) groups excluding carboxylic acids is 1. The van der Waals surface area contributed by atoms with Gasteiger partial charge in [0, 0.05) is 18.1 Å². The van der Waals surface area contributed by atoms with Crippen LogP contribution in [0.25, 0.3) is 0 Å². The first-order valence-corrected chi connectivity index (χ1v) is 9.52. The van der Waals surface area contributed by atoms with Gasteiger partial charge in [-0.25, -0.2) is 4.79 Å². The van der Waals surface area contributed by atoms with Crippen LogP contribution in [0.3, 0.4) is 0 Å². The molecule has 5 nitrogen and oxygen atoms in total. The molecular weight excluding hydrogens is 316 g/mol. The Morgan fingerprint density at radius 3 is 2.64 bits per heavy atom. The highest BCUT2D eigenvalue weighted by atomic mass is 16.6. The van der Waals surface area contributed by atoms with E-state index in [0.29, 0.717) is 6.04 Å². The molecule has 140 valence electrons. The molecule has 0 aromatic carbocycles. The van der Waals surface area contributed by atoms with Crippen molar-refractivity contribution in [2.24, 2.45) is 0 Å². The summed E-state index contributed by atoms with van der Waals surface area (Å²) in [6.07, 6.45) is 5.15. The Balaban J connectivity index is 1.63. The van der Waals surface area contributed by atoms with E-state index >= 15 is 0 Å². The average Bonchev–Trinajstić information content (AvgIpc) is 2.90. The molecule has 1 saturated heterocycles. The van der Waals surface area contributed by atoms with Gasteiger partial charge in [0.15, 0.2) is 0 Å². The maximum absolute atomic E-state index is 12.6. The first-order valence-electron chi connectivity index (χ1n) is 9.52. The summed E-state index contributed by atoms with van der Waals surface area (Å²) in [5.74, 6) is 1.92. The van der Waals surface area contributed by atoms with E-state index in [1.165, 1.54) is 6.42 Å². The molecule has 1 amide bonds. The molecule has 2 heterocycles. The molecule has 1 aromatic rings. The number of nitrogens with one attached hydrogen (secondary N) is 1. The molecule has 5 heteroatoms. The van der Waals surface area contributed by atoms with E-state index in [9.17, 15) is 4.79 Å². The zero-order valence-electron chi connectivity index (χ0n) is 16.2. The molecule has 3 rings (SSSR count). The van der Waals surface area contributed by atoms with E-state index in [1.54, 1.807) is 0 Å². The number of likely N-dealkylation sites (tertiary alicyclic amines) is 1. The van der Waals surface area contributed by atoms with E-state index in [0.717, 1.165) is 43.7 Å². The molecule has 1 aromatic heterocycles. The number of hydrogen-bond donors (Lipinski definition) is 1. The third-order valence-corrected chi connectivity index (χ3v) is 5.47. The maximum Gasteiger partial charge on any atom is 0.410 e. The summed E-state index contributed by atoms with van der Waals surface area (Å²) < 4.78 is 11.4. The van der Waals surface area contributed by atoms with Gasteiger partial charge in [-0.1, -0.05) is 0 Å². The summed E-state index contributed by atoms with van der Waals surface area (Å²) in [4.78, 5) is 14.6. The quantitative estimate of drug-likeness (QED) is 0.870. The molecule has 2 atom stereocenters. The second-order valence-corrected chi connectivity index (χ2v) is 8.74. The van der Waals surface area contributed by atoms with Crippen molar-refractivity contribution < 1.29 is 13.9 Å². The number of furan rings is 1. The predicted octanol–water partition coefficient (Wildman–Crippen LogP) is 4.56. The highest BCUT2D eigenvalue weighted by Gasteiger charge is 2.49. The number of ether oxygens (including phenoxy) is 1. The van der Waals surface area contributed by atoms with Crippen LogP contribution in [0.4, 0.5) is 4.79 Å². The van der Waals surface area contributed by atoms with Gasteiger partial charge in [0.05, 0.1) is 6.04 Å². The van der Waals surface area contributed by atoms with Gasteiger partial charge in [-0.3, -0.25) is 0 Å². The Labute approximate surface area is 151 Å². The first kappa shape index (κ1) is 18.3. The molecule has 1 aliphatic carbocycles. The molecule has 0 bridgehead atoms. The number of hydrogen-bond acceptors (Lipinski definition) is 4. The molecule has 2 aliphatic rings. The first-order chi connectivity index (χ1) is 11.7. The van der Waals surface area contributed by atoms with Crippen LogP contribution in [0.1, 0.15) is 77.4 Å². The van der Waals surface area contributed by atoms with Crippen molar-refractivity contribution in [3.8, 4) is 0 Å². The van der Waals surface area contributed by atoms with Crippen molar-refractivity contribution in [1.29, 1.82) is 0 Å². The van der Waals surface area contributed by atoms with Crippen LogP contribution in [-0.4, -0.2) is 34.7 Å². The van der Waals surface area contributed by atoms with Gasteiger partial charge in [0.1, 0.15) is 17.1 Å². The third kappa shape index (κ3) is 4.02. The topological polar surface area (TPSA) is 54.7 Å². The molecule has 1 spiro atoms. The molecule has 1 saturated carbocycles. The second-order valence-electron chi connectivity index (χ2n) is 8.74. The lowest BCUT2D eigenvalue weighted by Gasteiger charge is -2.55. The van der Waals surface area contributed by atoms with Crippen molar-refractivity contribution in [3.63, 3.8) is 0 Å². The number of carbonyl (C=O) groups is 1. The van der Waals surface area contributed by atoms with Gasteiger partial charge in [0.25, 0.3) is 0 Å². The van der Waals surface area contributed by atoms with Crippen LogP contribution in [0.5, 0.6) is 0 Å². The summed E-state index contributed by atoms with van der Waals surface area (Å²) >= 11 is 0. The molecule has 25 heavy (non-hydrogen) atoms. The largest absolute Gasteiger partial charge is 0.465 e. The van der Waals surface area contributed by atoms with Crippen molar-refractivity contribution in [2.45, 2.75) is 89.9 Å². The Morgan fingerprint density at radius 1 is 1.40 bits per heavy atom.